The van der Waals surface area contributed by atoms with Gasteiger partial charge in [0.1, 0.15) is 0 Å². The smallest absolute Gasteiger partial charge is 0.243 e. The Morgan fingerprint density at radius 3 is 3.18 bits per heavy atom. The molecule has 1 aromatic rings. The van der Waals surface area contributed by atoms with Crippen LogP contribution in [0.4, 0.5) is 0 Å². The second-order valence-corrected chi connectivity index (χ2v) is 4.78. The van der Waals surface area contributed by atoms with E-state index in [1.807, 2.05) is 0 Å². The molecule has 0 radical (unpaired) electrons. The van der Waals surface area contributed by atoms with Gasteiger partial charge in [-0.05, 0) is 31.7 Å². The summed E-state index contributed by atoms with van der Waals surface area (Å²) in [7, 11) is 1.70. The number of nitrogens with zero attached hydrogens (tertiary/aromatic N) is 2. The largest absolute Gasteiger partial charge is 0.385 e. The average molecular weight is 239 g/mol. The molecule has 0 bridgehead atoms. The molecule has 1 N–H and O–H groups in total. The van der Waals surface area contributed by atoms with E-state index in [-0.39, 0.29) is 6.04 Å². The molecule has 0 spiro atoms. The zero-order valence-electron chi connectivity index (χ0n) is 10.6. The van der Waals surface area contributed by atoms with Gasteiger partial charge in [0.05, 0.1) is 6.04 Å². The number of hydrogen-bond acceptors (Lipinski definition) is 5. The van der Waals surface area contributed by atoms with Crippen LogP contribution in [0.5, 0.6) is 0 Å². The molecule has 96 valence electrons. The van der Waals surface area contributed by atoms with E-state index in [1.165, 1.54) is 6.42 Å². The quantitative estimate of drug-likeness (QED) is 0.793. The zero-order valence-corrected chi connectivity index (χ0v) is 10.6. The molecule has 0 aromatic carbocycles. The first-order valence-corrected chi connectivity index (χ1v) is 6.34. The summed E-state index contributed by atoms with van der Waals surface area (Å²) >= 11 is 0. The maximum atomic E-state index is 5.32. The lowest BCUT2D eigenvalue weighted by Crippen LogP contribution is -2.30. The van der Waals surface area contributed by atoms with Gasteiger partial charge in [-0.15, -0.1) is 0 Å². The maximum Gasteiger partial charge on any atom is 0.243 e. The van der Waals surface area contributed by atoms with Gasteiger partial charge in [-0.1, -0.05) is 12.1 Å². The van der Waals surface area contributed by atoms with Crippen LogP contribution in [0, 0.1) is 5.92 Å². The molecule has 1 aromatic heterocycles. The Kier molecular flexibility index (Phi) is 4.50. The highest BCUT2D eigenvalue weighted by Crippen LogP contribution is 2.25. The topological polar surface area (TPSA) is 60.2 Å². The van der Waals surface area contributed by atoms with Gasteiger partial charge in [0.25, 0.3) is 0 Å². The van der Waals surface area contributed by atoms with Crippen LogP contribution in [0.15, 0.2) is 4.52 Å². The van der Waals surface area contributed by atoms with Crippen LogP contribution in [0.25, 0.3) is 0 Å². The van der Waals surface area contributed by atoms with Gasteiger partial charge in [-0.2, -0.15) is 4.98 Å². The van der Waals surface area contributed by atoms with Crippen LogP contribution in [0.2, 0.25) is 0 Å². The molecule has 2 unspecified atom stereocenters. The molecule has 1 saturated heterocycles. The molecular formula is C12H21N3O2. The minimum atomic E-state index is 0.238. The van der Waals surface area contributed by atoms with Gasteiger partial charge in [-0.25, -0.2) is 0 Å². The third-order valence-electron chi connectivity index (χ3n) is 3.20. The highest BCUT2D eigenvalue weighted by molar-refractivity contribution is 4.95. The Morgan fingerprint density at radius 2 is 2.41 bits per heavy atom. The third-order valence-corrected chi connectivity index (χ3v) is 3.20. The second kappa shape index (κ2) is 6.12. The zero-order chi connectivity index (χ0) is 12.1. The molecule has 1 aliphatic rings. The molecule has 1 aliphatic heterocycles. The van der Waals surface area contributed by atoms with Gasteiger partial charge in [0.2, 0.25) is 5.89 Å². The Hall–Kier alpha value is -0.940. The van der Waals surface area contributed by atoms with Crippen molar-refractivity contribution in [3.8, 4) is 0 Å². The minimum absolute atomic E-state index is 0.238. The normalized spacial score (nSPS) is 25.1. The molecule has 5 heteroatoms. The molecule has 5 nitrogen and oxygen atoms in total. The van der Waals surface area contributed by atoms with E-state index in [9.17, 15) is 0 Å². The Labute approximate surface area is 102 Å². The molecule has 1 fully saturated rings. The summed E-state index contributed by atoms with van der Waals surface area (Å²) < 4.78 is 10.3. The predicted octanol–water partition coefficient (Wildman–Crippen LogP) is 1.71. The number of piperidine rings is 1. The molecule has 2 heterocycles. The molecule has 17 heavy (non-hydrogen) atoms. The van der Waals surface area contributed by atoms with Crippen LogP contribution in [-0.4, -0.2) is 30.4 Å². The van der Waals surface area contributed by atoms with Crippen LogP contribution in [0.1, 0.15) is 43.9 Å². The van der Waals surface area contributed by atoms with E-state index < -0.39 is 0 Å². The standard InChI is InChI=1S/C12H21N3O2/c1-9-5-6-13-10(8-9)12-14-11(15-17-12)4-3-7-16-2/h9-10,13H,3-8H2,1-2H3. The van der Waals surface area contributed by atoms with Crippen molar-refractivity contribution in [2.45, 2.75) is 38.6 Å². The molecule has 0 aliphatic carbocycles. The number of hydrogen-bond donors (Lipinski definition) is 1. The van der Waals surface area contributed by atoms with Crippen LogP contribution in [0.3, 0.4) is 0 Å². The third kappa shape index (κ3) is 3.51. The number of rotatable bonds is 5. The monoisotopic (exact) mass is 239 g/mol. The van der Waals surface area contributed by atoms with Gasteiger partial charge in [0.15, 0.2) is 5.82 Å². The summed E-state index contributed by atoms with van der Waals surface area (Å²) in [6.07, 6.45) is 4.06. The van der Waals surface area contributed by atoms with Crippen molar-refractivity contribution in [1.82, 2.24) is 15.5 Å². The molecule has 2 rings (SSSR count). The number of aryl methyl sites for hydroxylation is 1. The number of ether oxygens (including phenoxy) is 1. The predicted molar refractivity (Wildman–Crippen MR) is 63.6 cm³/mol. The minimum Gasteiger partial charge on any atom is -0.385 e. The van der Waals surface area contributed by atoms with E-state index in [1.54, 1.807) is 7.11 Å². The number of aromatic nitrogens is 2. The van der Waals surface area contributed by atoms with Crippen LogP contribution in [-0.2, 0) is 11.2 Å². The van der Waals surface area contributed by atoms with Gasteiger partial charge in [-0.3, -0.25) is 0 Å². The highest BCUT2D eigenvalue weighted by atomic mass is 16.5. The second-order valence-electron chi connectivity index (χ2n) is 4.78. The summed E-state index contributed by atoms with van der Waals surface area (Å²) in [6.45, 7) is 4.04. The van der Waals surface area contributed by atoms with Crippen molar-refractivity contribution >= 4 is 0 Å². The van der Waals surface area contributed by atoms with Crippen molar-refractivity contribution in [2.75, 3.05) is 20.3 Å². The molecule has 0 amide bonds. The van der Waals surface area contributed by atoms with Crippen molar-refractivity contribution < 1.29 is 9.26 Å². The van der Waals surface area contributed by atoms with E-state index in [4.69, 9.17) is 9.26 Å². The van der Waals surface area contributed by atoms with E-state index >= 15 is 0 Å². The molecular weight excluding hydrogens is 218 g/mol. The first-order chi connectivity index (χ1) is 8.29. The van der Waals surface area contributed by atoms with E-state index in [0.29, 0.717) is 0 Å². The first-order valence-electron chi connectivity index (χ1n) is 6.34. The molecule has 2 atom stereocenters. The lowest BCUT2D eigenvalue weighted by molar-refractivity contribution is 0.194. The summed E-state index contributed by atoms with van der Waals surface area (Å²) in [6, 6.07) is 0.238. The average Bonchev–Trinajstić information content (AvgIpc) is 2.78. The number of nitrogens with one attached hydrogen (secondary N) is 1. The fourth-order valence-electron chi connectivity index (χ4n) is 2.18. The lowest BCUT2D eigenvalue weighted by atomic mass is 9.94. The fourth-order valence-corrected chi connectivity index (χ4v) is 2.18. The van der Waals surface area contributed by atoms with Crippen molar-refractivity contribution in [1.29, 1.82) is 0 Å². The van der Waals surface area contributed by atoms with Gasteiger partial charge < -0.3 is 14.6 Å². The number of methoxy groups -OCH3 is 1. The van der Waals surface area contributed by atoms with Crippen LogP contribution >= 0.6 is 0 Å². The fraction of sp³-hybridized carbons (Fsp3) is 0.833. The lowest BCUT2D eigenvalue weighted by Gasteiger charge is -2.25. The summed E-state index contributed by atoms with van der Waals surface area (Å²) in [5.41, 5.74) is 0. The van der Waals surface area contributed by atoms with Gasteiger partial charge >= 0.3 is 0 Å². The molecule has 0 saturated carbocycles. The Morgan fingerprint density at radius 1 is 1.53 bits per heavy atom. The van der Waals surface area contributed by atoms with E-state index in [2.05, 4.69) is 22.4 Å². The Bertz CT molecular complexity index is 340. The van der Waals surface area contributed by atoms with Gasteiger partial charge in [0, 0.05) is 20.1 Å². The summed E-state index contributed by atoms with van der Waals surface area (Å²) in [4.78, 5) is 4.44. The highest BCUT2D eigenvalue weighted by Gasteiger charge is 2.24. The van der Waals surface area contributed by atoms with E-state index in [0.717, 1.165) is 50.0 Å². The first kappa shape index (κ1) is 12.5. The summed E-state index contributed by atoms with van der Waals surface area (Å²) in [5.74, 6) is 2.26. The van der Waals surface area contributed by atoms with Crippen molar-refractivity contribution in [3.05, 3.63) is 11.7 Å². The maximum absolute atomic E-state index is 5.32. The van der Waals surface area contributed by atoms with Crippen molar-refractivity contribution in [3.63, 3.8) is 0 Å². The van der Waals surface area contributed by atoms with Crippen molar-refractivity contribution in [2.24, 2.45) is 5.92 Å². The van der Waals surface area contributed by atoms with Crippen LogP contribution < -0.4 is 5.32 Å². The summed E-state index contributed by atoms with van der Waals surface area (Å²) in [5, 5.41) is 7.43. The SMILES string of the molecule is COCCCc1noc(C2CC(C)CCN2)n1. The Balaban J connectivity index is 1.88.